The maximum atomic E-state index is 12.3. The van der Waals surface area contributed by atoms with Crippen LogP contribution >= 0.6 is 24.0 Å². The lowest BCUT2D eigenvalue weighted by atomic mass is 10.2. The van der Waals surface area contributed by atoms with Crippen molar-refractivity contribution in [1.29, 1.82) is 0 Å². The summed E-state index contributed by atoms with van der Waals surface area (Å²) < 4.78 is 6.61. The number of hydrogen-bond donors (Lipinski definition) is 2. The second kappa shape index (κ2) is 9.16. The molecule has 0 unspecified atom stereocenters. The highest BCUT2D eigenvalue weighted by Gasteiger charge is 2.17. The third kappa shape index (κ3) is 5.91. The number of carbonyl (C=O) groups excluding carboxylic acids is 1. The van der Waals surface area contributed by atoms with E-state index in [9.17, 15) is 14.7 Å². The molecule has 0 aliphatic rings. The highest BCUT2D eigenvalue weighted by molar-refractivity contribution is 8.24. The van der Waals surface area contributed by atoms with Gasteiger partial charge in [0.2, 0.25) is 0 Å². The molecule has 0 spiro atoms. The van der Waals surface area contributed by atoms with Crippen molar-refractivity contribution in [2.45, 2.75) is 6.92 Å². The highest BCUT2D eigenvalue weighted by atomic mass is 32.2. The molecule has 1 aromatic carbocycles. The third-order valence-electron chi connectivity index (χ3n) is 2.69. The van der Waals surface area contributed by atoms with Crippen molar-refractivity contribution in [3.8, 4) is 11.5 Å². The average molecular weight is 355 g/mol. The zero-order chi connectivity index (χ0) is 17.4. The lowest BCUT2D eigenvalue weighted by Crippen LogP contribution is -2.32. The zero-order valence-electron chi connectivity index (χ0n) is 12.7. The molecule has 2 N–H and O–H groups in total. The molecule has 0 radical (unpaired) electrons. The van der Waals surface area contributed by atoms with E-state index >= 15 is 0 Å². The molecular formula is C15H17NO5S2. The van der Waals surface area contributed by atoms with Crippen molar-refractivity contribution in [3.63, 3.8) is 0 Å². The van der Waals surface area contributed by atoms with Crippen molar-refractivity contribution in [3.05, 3.63) is 28.7 Å². The van der Waals surface area contributed by atoms with E-state index in [0.717, 1.165) is 16.7 Å². The van der Waals surface area contributed by atoms with Gasteiger partial charge in [-0.2, -0.15) is 0 Å². The Bertz CT molecular complexity index is 630. The Morgan fingerprint density at radius 3 is 2.70 bits per heavy atom. The van der Waals surface area contributed by atoms with Gasteiger partial charge in [-0.25, -0.2) is 0 Å². The summed E-state index contributed by atoms with van der Waals surface area (Å²) in [6, 6.07) is 4.67. The number of carbonyl (C=O) groups is 2. The van der Waals surface area contributed by atoms with E-state index < -0.39 is 18.4 Å². The monoisotopic (exact) mass is 355 g/mol. The highest BCUT2D eigenvalue weighted by Crippen LogP contribution is 2.29. The molecule has 0 atom stereocenters. The number of phenolic OH excluding ortho intramolecular Hbond substituents is 1. The number of aromatic hydroxyl groups is 1. The minimum absolute atomic E-state index is 0.00218. The van der Waals surface area contributed by atoms with Crippen LogP contribution in [0, 0.1) is 0 Å². The molecule has 124 valence electrons. The van der Waals surface area contributed by atoms with E-state index in [2.05, 4.69) is 0 Å². The van der Waals surface area contributed by atoms with Crippen molar-refractivity contribution < 1.29 is 24.5 Å². The maximum absolute atomic E-state index is 12.3. The van der Waals surface area contributed by atoms with Crippen LogP contribution in [-0.4, -0.2) is 51.9 Å². The van der Waals surface area contributed by atoms with Gasteiger partial charge in [-0.05, 0) is 30.7 Å². The predicted molar refractivity (Wildman–Crippen MR) is 93.8 cm³/mol. The quantitative estimate of drug-likeness (QED) is 0.547. The summed E-state index contributed by atoms with van der Waals surface area (Å²) in [7, 11) is 1.40. The fourth-order valence-electron chi connectivity index (χ4n) is 1.70. The van der Waals surface area contributed by atoms with E-state index in [-0.39, 0.29) is 10.7 Å². The Balaban J connectivity index is 3.11. The molecule has 0 heterocycles. The molecule has 0 aromatic heterocycles. The first-order valence-corrected chi connectivity index (χ1v) is 7.99. The first-order valence-electron chi connectivity index (χ1n) is 6.64. The van der Waals surface area contributed by atoms with Crippen molar-refractivity contribution in [2.75, 3.05) is 20.2 Å². The van der Waals surface area contributed by atoms with Crippen LogP contribution in [0.3, 0.4) is 0 Å². The van der Waals surface area contributed by atoms with E-state index in [0.29, 0.717) is 17.9 Å². The average Bonchev–Trinajstić information content (AvgIpc) is 2.49. The molecule has 0 saturated heterocycles. The number of aliphatic carboxylic acids is 1. The number of carboxylic acids is 1. The number of nitrogens with zero attached hydrogens (tertiary/aromatic N) is 1. The third-order valence-corrected chi connectivity index (χ3v) is 3.62. The van der Waals surface area contributed by atoms with E-state index in [4.69, 9.17) is 22.1 Å². The van der Waals surface area contributed by atoms with Crippen LogP contribution < -0.4 is 4.74 Å². The number of likely N-dealkylation sites (N-methyl/N-ethyl adjacent to an activating group) is 1. The number of ether oxygens (including phenoxy) is 1. The topological polar surface area (TPSA) is 87.1 Å². The number of benzene rings is 1. The summed E-state index contributed by atoms with van der Waals surface area (Å²) in [6.45, 7) is 1.77. The van der Waals surface area contributed by atoms with Crippen molar-refractivity contribution in [2.24, 2.45) is 0 Å². The largest absolute Gasteiger partial charge is 0.504 e. The van der Waals surface area contributed by atoms with Crippen LogP contribution in [-0.2, 0) is 9.59 Å². The Morgan fingerprint density at radius 2 is 2.13 bits per heavy atom. The number of hydrogen-bond acceptors (Lipinski definition) is 6. The molecule has 1 aromatic rings. The minimum atomic E-state index is -1.10. The fourth-order valence-corrected chi connectivity index (χ4v) is 2.58. The van der Waals surface area contributed by atoms with E-state index in [1.165, 1.54) is 17.8 Å². The number of rotatable bonds is 8. The number of carboxylic acid groups (broad SMARTS) is 1. The first kappa shape index (κ1) is 19.0. The number of thioether (sulfide) groups is 1. The van der Waals surface area contributed by atoms with Crippen molar-refractivity contribution in [1.82, 2.24) is 4.90 Å². The van der Waals surface area contributed by atoms with Crippen LogP contribution in [0.4, 0.5) is 0 Å². The Kier molecular flexibility index (Phi) is 7.56. The van der Waals surface area contributed by atoms with Crippen LogP contribution in [0.1, 0.15) is 12.5 Å². The lowest BCUT2D eigenvalue weighted by Gasteiger charge is -2.15. The van der Waals surface area contributed by atoms with Gasteiger partial charge in [-0.15, -0.1) is 0 Å². The standard InChI is InChI=1S/C15H17NO5S2/c1-3-21-12-6-10(4-5-11(12)17)7-13(23-9-22)15(20)16(2)8-14(18)19/h4-7,9,17H,3,8H2,1-2H3,(H,18,19)/b13-7-. The van der Waals surface area contributed by atoms with E-state index in [1.807, 2.05) is 0 Å². The molecule has 0 aliphatic carbocycles. The zero-order valence-corrected chi connectivity index (χ0v) is 14.3. The lowest BCUT2D eigenvalue weighted by molar-refractivity contribution is -0.141. The molecule has 23 heavy (non-hydrogen) atoms. The normalized spacial score (nSPS) is 11.0. The maximum Gasteiger partial charge on any atom is 0.323 e. The van der Waals surface area contributed by atoms with Crippen LogP contribution in [0.5, 0.6) is 11.5 Å². The molecule has 1 amide bonds. The SMILES string of the molecule is CCOc1cc(/C=C(\SC=S)C(=O)N(C)CC(=O)O)ccc1O. The molecule has 0 aliphatic heterocycles. The van der Waals surface area contributed by atoms with Crippen LogP contribution in [0.25, 0.3) is 6.08 Å². The Hall–Kier alpha value is -2.06. The van der Waals surface area contributed by atoms with Gasteiger partial charge < -0.3 is 19.8 Å². The smallest absolute Gasteiger partial charge is 0.323 e. The van der Waals surface area contributed by atoms with Gasteiger partial charge in [0, 0.05) is 11.7 Å². The fraction of sp³-hybridized carbons (Fsp3) is 0.267. The Morgan fingerprint density at radius 1 is 1.43 bits per heavy atom. The second-order valence-electron chi connectivity index (χ2n) is 4.44. The number of thiocarbonyl (C=S) groups is 1. The molecule has 8 heteroatoms. The molecular weight excluding hydrogens is 338 g/mol. The minimum Gasteiger partial charge on any atom is -0.504 e. The van der Waals surface area contributed by atoms with Gasteiger partial charge in [0.1, 0.15) is 6.54 Å². The van der Waals surface area contributed by atoms with Gasteiger partial charge in [0.25, 0.3) is 5.91 Å². The predicted octanol–water partition coefficient (Wildman–Crippen LogP) is 2.37. The summed E-state index contributed by atoms with van der Waals surface area (Å²) in [5.74, 6) is -1.25. The number of phenols is 1. The van der Waals surface area contributed by atoms with Crippen LogP contribution in [0.15, 0.2) is 23.1 Å². The molecule has 6 nitrogen and oxygen atoms in total. The molecule has 0 bridgehead atoms. The summed E-state index contributed by atoms with van der Waals surface area (Å²) in [5, 5.41) is 18.5. The Labute approximate surface area is 143 Å². The second-order valence-corrected chi connectivity index (χ2v) is 5.88. The van der Waals surface area contributed by atoms with Gasteiger partial charge in [-0.3, -0.25) is 9.59 Å². The van der Waals surface area contributed by atoms with Gasteiger partial charge in [0.15, 0.2) is 11.5 Å². The van der Waals surface area contributed by atoms with Crippen molar-refractivity contribution >= 4 is 46.6 Å². The molecule has 0 saturated carbocycles. The van der Waals surface area contributed by atoms with Gasteiger partial charge in [0.05, 0.1) is 11.5 Å². The van der Waals surface area contributed by atoms with Gasteiger partial charge >= 0.3 is 5.97 Å². The molecule has 1 rings (SSSR count). The first-order chi connectivity index (χ1) is 10.9. The summed E-state index contributed by atoms with van der Waals surface area (Å²) >= 11 is 5.79. The molecule has 0 fully saturated rings. The van der Waals surface area contributed by atoms with Crippen LogP contribution in [0.2, 0.25) is 0 Å². The van der Waals surface area contributed by atoms with E-state index in [1.54, 1.807) is 25.1 Å². The number of amides is 1. The summed E-state index contributed by atoms with van der Waals surface area (Å²) in [5.41, 5.74) is 0.627. The summed E-state index contributed by atoms with van der Waals surface area (Å²) in [6.07, 6.45) is 1.57. The summed E-state index contributed by atoms with van der Waals surface area (Å²) in [4.78, 5) is 24.4. The van der Waals surface area contributed by atoms with Gasteiger partial charge in [-0.1, -0.05) is 30.0 Å².